The number of nitrogens with zero attached hydrogens (tertiary/aromatic N) is 1. The highest BCUT2D eigenvalue weighted by molar-refractivity contribution is 9.10. The molecule has 0 saturated carbocycles. The maximum atomic E-state index is 11.5. The number of nitrogens with two attached hydrogens (primary N) is 1. The Kier molecular flexibility index (Phi) is 3.58. The largest absolute Gasteiger partial charge is 0.398 e. The van der Waals surface area contributed by atoms with Crippen LogP contribution in [0.3, 0.4) is 0 Å². The molecule has 0 aromatic heterocycles. The molecule has 0 unspecified atom stereocenters. The summed E-state index contributed by atoms with van der Waals surface area (Å²) in [6.45, 7) is 0. The lowest BCUT2D eigenvalue weighted by Gasteiger charge is -2.13. The minimum Gasteiger partial charge on any atom is -0.398 e. The third-order valence-electron chi connectivity index (χ3n) is 1.72. The molecule has 5 nitrogen and oxygen atoms in total. The summed E-state index contributed by atoms with van der Waals surface area (Å²) in [5, 5.41) is 0. The molecule has 7 heteroatoms. The SMILES string of the molecule is CN(C)S(=O)(=O)Nc1ccc(Br)c(N)c1. The predicted molar refractivity (Wildman–Crippen MR) is 64.8 cm³/mol. The van der Waals surface area contributed by atoms with Crippen LogP contribution in [0.15, 0.2) is 22.7 Å². The molecular formula is C8H12BrN3O2S. The molecule has 0 saturated heterocycles. The van der Waals surface area contributed by atoms with E-state index in [1.54, 1.807) is 18.2 Å². The first-order valence-electron chi connectivity index (χ1n) is 4.08. The van der Waals surface area contributed by atoms with E-state index < -0.39 is 10.2 Å². The van der Waals surface area contributed by atoms with Gasteiger partial charge >= 0.3 is 10.2 Å². The minimum absolute atomic E-state index is 0.435. The summed E-state index contributed by atoms with van der Waals surface area (Å²) in [7, 11) is -0.570. The van der Waals surface area contributed by atoms with E-state index in [2.05, 4.69) is 20.7 Å². The number of nitrogen functional groups attached to an aromatic ring is 1. The Hall–Kier alpha value is -0.790. The molecule has 84 valence electrons. The second kappa shape index (κ2) is 4.38. The number of hydrogen-bond donors (Lipinski definition) is 2. The summed E-state index contributed by atoms with van der Waals surface area (Å²) in [5.41, 5.74) is 6.54. The van der Waals surface area contributed by atoms with Crippen molar-refractivity contribution in [3.05, 3.63) is 22.7 Å². The highest BCUT2D eigenvalue weighted by atomic mass is 79.9. The van der Waals surface area contributed by atoms with Crippen LogP contribution < -0.4 is 10.5 Å². The molecule has 1 aromatic carbocycles. The van der Waals surface area contributed by atoms with Gasteiger partial charge in [0.1, 0.15) is 0 Å². The summed E-state index contributed by atoms with van der Waals surface area (Å²) >= 11 is 3.23. The lowest BCUT2D eigenvalue weighted by molar-refractivity contribution is 0.527. The summed E-state index contributed by atoms with van der Waals surface area (Å²) in [6.07, 6.45) is 0. The van der Waals surface area contributed by atoms with Crippen molar-refractivity contribution in [3.63, 3.8) is 0 Å². The molecule has 1 rings (SSSR count). The van der Waals surface area contributed by atoms with Crippen molar-refractivity contribution in [3.8, 4) is 0 Å². The lowest BCUT2D eigenvalue weighted by atomic mass is 10.3. The Morgan fingerprint density at radius 3 is 2.47 bits per heavy atom. The van der Waals surface area contributed by atoms with Crippen LogP contribution in [-0.2, 0) is 10.2 Å². The maximum Gasteiger partial charge on any atom is 0.301 e. The molecule has 1 aromatic rings. The van der Waals surface area contributed by atoms with Gasteiger partial charge in [0.2, 0.25) is 0 Å². The van der Waals surface area contributed by atoms with Crippen molar-refractivity contribution in [1.29, 1.82) is 0 Å². The average molecular weight is 294 g/mol. The maximum absolute atomic E-state index is 11.5. The van der Waals surface area contributed by atoms with Crippen LogP contribution in [0.1, 0.15) is 0 Å². The summed E-state index contributed by atoms with van der Waals surface area (Å²) in [5.74, 6) is 0. The zero-order chi connectivity index (χ0) is 11.6. The van der Waals surface area contributed by atoms with E-state index in [1.807, 2.05) is 0 Å². The molecule has 3 N–H and O–H groups in total. The van der Waals surface area contributed by atoms with Crippen LogP contribution in [0.25, 0.3) is 0 Å². The first-order valence-corrected chi connectivity index (χ1v) is 6.31. The fourth-order valence-electron chi connectivity index (χ4n) is 0.847. The molecule has 0 aliphatic heterocycles. The third kappa shape index (κ3) is 3.08. The number of halogens is 1. The van der Waals surface area contributed by atoms with Crippen LogP contribution in [0.2, 0.25) is 0 Å². The Balaban J connectivity index is 2.96. The van der Waals surface area contributed by atoms with Gasteiger partial charge in [0.25, 0.3) is 0 Å². The van der Waals surface area contributed by atoms with Crippen LogP contribution in [0.5, 0.6) is 0 Å². The van der Waals surface area contributed by atoms with Gasteiger partial charge in [-0.3, -0.25) is 4.72 Å². The van der Waals surface area contributed by atoms with Crippen LogP contribution >= 0.6 is 15.9 Å². The molecule has 0 spiro atoms. The van der Waals surface area contributed by atoms with Crippen LogP contribution in [-0.4, -0.2) is 26.8 Å². The van der Waals surface area contributed by atoms with Crippen LogP contribution in [0, 0.1) is 0 Å². The number of rotatable bonds is 3. The zero-order valence-electron chi connectivity index (χ0n) is 8.36. The Morgan fingerprint density at radius 1 is 1.40 bits per heavy atom. The van der Waals surface area contributed by atoms with E-state index >= 15 is 0 Å². The van der Waals surface area contributed by atoms with Crippen molar-refractivity contribution < 1.29 is 8.42 Å². The first-order chi connectivity index (χ1) is 6.83. The van der Waals surface area contributed by atoms with Crippen molar-refractivity contribution in [2.45, 2.75) is 0 Å². The van der Waals surface area contributed by atoms with Gasteiger partial charge in [-0.15, -0.1) is 0 Å². The van der Waals surface area contributed by atoms with Gasteiger partial charge in [-0.1, -0.05) is 0 Å². The molecule has 15 heavy (non-hydrogen) atoms. The van der Waals surface area contributed by atoms with Gasteiger partial charge in [-0.25, -0.2) is 0 Å². The van der Waals surface area contributed by atoms with Gasteiger partial charge < -0.3 is 5.73 Å². The average Bonchev–Trinajstić information content (AvgIpc) is 2.10. The molecule has 0 aliphatic carbocycles. The van der Waals surface area contributed by atoms with Crippen molar-refractivity contribution in [2.75, 3.05) is 24.6 Å². The van der Waals surface area contributed by atoms with Gasteiger partial charge in [0, 0.05) is 24.3 Å². The quantitative estimate of drug-likeness (QED) is 0.824. The van der Waals surface area contributed by atoms with Gasteiger partial charge in [-0.2, -0.15) is 12.7 Å². The Bertz CT molecular complexity index is 459. The summed E-state index contributed by atoms with van der Waals surface area (Å²) in [6, 6.07) is 4.86. The first kappa shape index (κ1) is 12.3. The third-order valence-corrected chi connectivity index (χ3v) is 3.90. The van der Waals surface area contributed by atoms with E-state index in [0.29, 0.717) is 11.4 Å². The monoisotopic (exact) mass is 293 g/mol. The van der Waals surface area contributed by atoms with Gasteiger partial charge in [0.15, 0.2) is 0 Å². The van der Waals surface area contributed by atoms with Crippen molar-refractivity contribution in [1.82, 2.24) is 4.31 Å². The summed E-state index contributed by atoms with van der Waals surface area (Å²) < 4.78 is 27.1. The fraction of sp³-hybridized carbons (Fsp3) is 0.250. The fourth-order valence-corrected chi connectivity index (χ4v) is 1.70. The highest BCUT2D eigenvalue weighted by Crippen LogP contribution is 2.23. The van der Waals surface area contributed by atoms with E-state index in [4.69, 9.17) is 5.73 Å². The second-order valence-electron chi connectivity index (χ2n) is 3.13. The molecule has 0 atom stereocenters. The van der Waals surface area contributed by atoms with Crippen LogP contribution in [0.4, 0.5) is 11.4 Å². The van der Waals surface area contributed by atoms with E-state index in [-0.39, 0.29) is 0 Å². The molecular weight excluding hydrogens is 282 g/mol. The smallest absolute Gasteiger partial charge is 0.301 e. The Morgan fingerprint density at radius 2 is 2.00 bits per heavy atom. The minimum atomic E-state index is -3.47. The standard InChI is InChI=1S/C8H12BrN3O2S/c1-12(2)15(13,14)11-6-3-4-7(9)8(10)5-6/h3-5,11H,10H2,1-2H3. The molecule has 0 aliphatic rings. The number of hydrogen-bond acceptors (Lipinski definition) is 3. The van der Waals surface area contributed by atoms with E-state index in [1.165, 1.54) is 14.1 Å². The molecule has 0 fully saturated rings. The topological polar surface area (TPSA) is 75.4 Å². The second-order valence-corrected chi connectivity index (χ2v) is 5.86. The molecule has 0 radical (unpaired) electrons. The number of benzene rings is 1. The van der Waals surface area contributed by atoms with Gasteiger partial charge in [-0.05, 0) is 34.1 Å². The predicted octanol–water partition coefficient (Wildman–Crippen LogP) is 1.25. The molecule has 0 heterocycles. The zero-order valence-corrected chi connectivity index (χ0v) is 10.8. The van der Waals surface area contributed by atoms with Gasteiger partial charge in [0.05, 0.1) is 5.69 Å². The lowest BCUT2D eigenvalue weighted by Crippen LogP contribution is -2.28. The number of anilines is 2. The highest BCUT2D eigenvalue weighted by Gasteiger charge is 2.12. The molecule has 0 amide bonds. The Labute approximate surface area is 97.6 Å². The van der Waals surface area contributed by atoms with Crippen molar-refractivity contribution >= 4 is 37.5 Å². The van der Waals surface area contributed by atoms with E-state index in [9.17, 15) is 8.42 Å². The normalized spacial score (nSPS) is 11.7. The summed E-state index contributed by atoms with van der Waals surface area (Å²) in [4.78, 5) is 0. The van der Waals surface area contributed by atoms with E-state index in [0.717, 1.165) is 8.78 Å². The molecule has 0 bridgehead atoms. The van der Waals surface area contributed by atoms with Crippen molar-refractivity contribution in [2.24, 2.45) is 0 Å². The number of nitrogens with one attached hydrogen (secondary N) is 1.